The molecule has 0 aliphatic carbocycles. The third-order valence-corrected chi connectivity index (χ3v) is 3.29. The lowest BCUT2D eigenvalue weighted by Gasteiger charge is -2.13. The number of hydrogen-bond donors (Lipinski definition) is 2. The summed E-state index contributed by atoms with van der Waals surface area (Å²) in [5, 5.41) is 12.2. The van der Waals surface area contributed by atoms with E-state index in [0.717, 1.165) is 29.6 Å². The van der Waals surface area contributed by atoms with Gasteiger partial charge in [-0.3, -0.25) is 0 Å². The van der Waals surface area contributed by atoms with Crippen molar-refractivity contribution in [2.24, 2.45) is 0 Å². The van der Waals surface area contributed by atoms with E-state index in [2.05, 4.69) is 40.3 Å². The molecule has 1 unspecified atom stereocenters. The molecule has 96 valence electrons. The van der Waals surface area contributed by atoms with Gasteiger partial charge in [0, 0.05) is 19.2 Å². The summed E-state index contributed by atoms with van der Waals surface area (Å²) in [5.74, 6) is 0.849. The Labute approximate surface area is 111 Å². The standard InChI is InChI=1S/C13H20BrNO2/c1-10(4-3-7-16)15-9-11-5-6-13(17-2)12(14)8-11/h5-6,8,10,15-16H,3-4,7,9H2,1-2H3. The number of rotatable bonds is 7. The molecule has 0 aliphatic heterocycles. The van der Waals surface area contributed by atoms with Crippen LogP contribution in [0.3, 0.4) is 0 Å². The summed E-state index contributed by atoms with van der Waals surface area (Å²) in [6, 6.07) is 6.49. The first-order valence-electron chi connectivity index (χ1n) is 5.84. The molecule has 4 heteroatoms. The number of ether oxygens (including phenoxy) is 1. The highest BCUT2D eigenvalue weighted by atomic mass is 79.9. The van der Waals surface area contributed by atoms with E-state index in [4.69, 9.17) is 9.84 Å². The van der Waals surface area contributed by atoms with Crippen LogP contribution in [0.4, 0.5) is 0 Å². The number of methoxy groups -OCH3 is 1. The maximum Gasteiger partial charge on any atom is 0.133 e. The van der Waals surface area contributed by atoms with E-state index >= 15 is 0 Å². The van der Waals surface area contributed by atoms with Crippen LogP contribution in [0.2, 0.25) is 0 Å². The van der Waals surface area contributed by atoms with Gasteiger partial charge in [0.05, 0.1) is 11.6 Å². The van der Waals surface area contributed by atoms with E-state index in [1.807, 2.05) is 6.07 Å². The topological polar surface area (TPSA) is 41.5 Å². The van der Waals surface area contributed by atoms with Crippen molar-refractivity contribution in [3.63, 3.8) is 0 Å². The molecule has 0 fully saturated rings. The average Bonchev–Trinajstić information content (AvgIpc) is 2.34. The zero-order chi connectivity index (χ0) is 12.7. The van der Waals surface area contributed by atoms with Crippen LogP contribution in [0.15, 0.2) is 22.7 Å². The SMILES string of the molecule is COc1ccc(CNC(C)CCCO)cc1Br. The lowest BCUT2D eigenvalue weighted by molar-refractivity contribution is 0.276. The third-order valence-electron chi connectivity index (χ3n) is 2.67. The summed E-state index contributed by atoms with van der Waals surface area (Å²) in [4.78, 5) is 0. The van der Waals surface area contributed by atoms with Crippen molar-refractivity contribution in [1.29, 1.82) is 0 Å². The van der Waals surface area contributed by atoms with E-state index in [9.17, 15) is 0 Å². The first-order chi connectivity index (χ1) is 8.17. The molecule has 0 amide bonds. The van der Waals surface area contributed by atoms with Gasteiger partial charge in [0.1, 0.15) is 5.75 Å². The molecule has 0 aromatic heterocycles. The van der Waals surface area contributed by atoms with Crippen LogP contribution in [0.25, 0.3) is 0 Å². The van der Waals surface area contributed by atoms with E-state index < -0.39 is 0 Å². The number of aliphatic hydroxyl groups excluding tert-OH is 1. The maximum atomic E-state index is 8.75. The molecule has 1 aromatic carbocycles. The normalized spacial score (nSPS) is 12.5. The predicted octanol–water partition coefficient (Wildman–Crippen LogP) is 2.71. The van der Waals surface area contributed by atoms with Crippen LogP contribution in [-0.4, -0.2) is 24.9 Å². The van der Waals surface area contributed by atoms with Crippen LogP contribution >= 0.6 is 15.9 Å². The van der Waals surface area contributed by atoms with Gasteiger partial charge >= 0.3 is 0 Å². The van der Waals surface area contributed by atoms with Crippen molar-refractivity contribution in [2.75, 3.05) is 13.7 Å². The fraction of sp³-hybridized carbons (Fsp3) is 0.538. The zero-order valence-electron chi connectivity index (χ0n) is 10.4. The number of hydrogen-bond acceptors (Lipinski definition) is 3. The Hall–Kier alpha value is -0.580. The van der Waals surface area contributed by atoms with Crippen molar-refractivity contribution in [3.05, 3.63) is 28.2 Å². The molecule has 2 N–H and O–H groups in total. The molecule has 0 bridgehead atoms. The third kappa shape index (κ3) is 5.06. The van der Waals surface area contributed by atoms with E-state index in [1.165, 1.54) is 5.56 Å². The summed E-state index contributed by atoms with van der Waals surface area (Å²) in [6.07, 6.45) is 1.84. The molecule has 0 radical (unpaired) electrons. The molecule has 17 heavy (non-hydrogen) atoms. The molecular weight excluding hydrogens is 282 g/mol. The number of benzene rings is 1. The van der Waals surface area contributed by atoms with Crippen LogP contribution in [-0.2, 0) is 6.54 Å². The maximum absolute atomic E-state index is 8.75. The lowest BCUT2D eigenvalue weighted by Crippen LogP contribution is -2.25. The van der Waals surface area contributed by atoms with Crippen LogP contribution < -0.4 is 10.1 Å². The molecule has 3 nitrogen and oxygen atoms in total. The van der Waals surface area contributed by atoms with Crippen molar-refractivity contribution in [2.45, 2.75) is 32.4 Å². The predicted molar refractivity (Wildman–Crippen MR) is 73.3 cm³/mol. The molecule has 0 heterocycles. The quantitative estimate of drug-likeness (QED) is 0.814. The Morgan fingerprint density at radius 3 is 2.82 bits per heavy atom. The summed E-state index contributed by atoms with van der Waals surface area (Å²) >= 11 is 3.47. The van der Waals surface area contributed by atoms with Gasteiger partial charge in [0.2, 0.25) is 0 Å². The van der Waals surface area contributed by atoms with Gasteiger partial charge in [-0.1, -0.05) is 6.07 Å². The summed E-state index contributed by atoms with van der Waals surface area (Å²) in [6.45, 7) is 3.23. The second-order valence-electron chi connectivity index (χ2n) is 4.12. The van der Waals surface area contributed by atoms with E-state index in [0.29, 0.717) is 6.04 Å². The zero-order valence-corrected chi connectivity index (χ0v) is 12.0. The van der Waals surface area contributed by atoms with Crippen molar-refractivity contribution in [3.8, 4) is 5.75 Å². The smallest absolute Gasteiger partial charge is 0.133 e. The first-order valence-corrected chi connectivity index (χ1v) is 6.63. The second-order valence-corrected chi connectivity index (χ2v) is 4.97. The summed E-state index contributed by atoms with van der Waals surface area (Å²) in [7, 11) is 1.66. The van der Waals surface area contributed by atoms with Crippen molar-refractivity contribution < 1.29 is 9.84 Å². The van der Waals surface area contributed by atoms with Crippen LogP contribution in [0.1, 0.15) is 25.3 Å². The van der Waals surface area contributed by atoms with Gasteiger partial charge in [0.15, 0.2) is 0 Å². The highest BCUT2D eigenvalue weighted by Gasteiger charge is 2.04. The van der Waals surface area contributed by atoms with Gasteiger partial charge in [-0.25, -0.2) is 0 Å². The highest BCUT2D eigenvalue weighted by molar-refractivity contribution is 9.10. The highest BCUT2D eigenvalue weighted by Crippen LogP contribution is 2.25. The van der Waals surface area contributed by atoms with Gasteiger partial charge in [0.25, 0.3) is 0 Å². The summed E-state index contributed by atoms with van der Waals surface area (Å²) in [5.41, 5.74) is 1.22. The fourth-order valence-electron chi connectivity index (χ4n) is 1.61. The van der Waals surface area contributed by atoms with E-state index in [1.54, 1.807) is 7.11 Å². The minimum Gasteiger partial charge on any atom is -0.496 e. The molecule has 0 saturated carbocycles. The monoisotopic (exact) mass is 301 g/mol. The molecule has 0 spiro atoms. The molecule has 0 saturated heterocycles. The fourth-order valence-corrected chi connectivity index (χ4v) is 2.20. The minimum atomic E-state index is 0.264. The van der Waals surface area contributed by atoms with Gasteiger partial charge in [-0.2, -0.15) is 0 Å². The largest absolute Gasteiger partial charge is 0.496 e. The van der Waals surface area contributed by atoms with Gasteiger partial charge < -0.3 is 15.2 Å². The molecule has 1 aromatic rings. The Bertz CT molecular complexity index is 344. The minimum absolute atomic E-state index is 0.264. The van der Waals surface area contributed by atoms with Crippen LogP contribution in [0.5, 0.6) is 5.75 Å². The van der Waals surface area contributed by atoms with Crippen LogP contribution in [0, 0.1) is 0 Å². The van der Waals surface area contributed by atoms with Gasteiger partial charge in [-0.05, 0) is 53.4 Å². The van der Waals surface area contributed by atoms with E-state index in [-0.39, 0.29) is 6.61 Å². The van der Waals surface area contributed by atoms with Crippen molar-refractivity contribution in [1.82, 2.24) is 5.32 Å². The second kappa shape index (κ2) is 7.69. The number of halogens is 1. The number of nitrogens with one attached hydrogen (secondary N) is 1. The molecule has 1 atom stereocenters. The van der Waals surface area contributed by atoms with Crippen molar-refractivity contribution >= 4 is 15.9 Å². The number of aliphatic hydroxyl groups is 1. The lowest BCUT2D eigenvalue weighted by atomic mass is 10.1. The average molecular weight is 302 g/mol. The Morgan fingerprint density at radius 2 is 2.24 bits per heavy atom. The molecular formula is C13H20BrNO2. The Morgan fingerprint density at radius 1 is 1.47 bits per heavy atom. The molecule has 1 rings (SSSR count). The first kappa shape index (κ1) is 14.5. The summed E-state index contributed by atoms with van der Waals surface area (Å²) < 4.78 is 6.16. The Balaban J connectivity index is 2.44. The molecule has 0 aliphatic rings. The Kier molecular flexibility index (Phi) is 6.55. The van der Waals surface area contributed by atoms with Gasteiger partial charge in [-0.15, -0.1) is 0 Å².